The Morgan fingerprint density at radius 3 is 2.58 bits per heavy atom. The molecule has 4 rings (SSSR count). The Bertz CT molecular complexity index is 979. The Morgan fingerprint density at radius 2 is 1.84 bits per heavy atom. The largest absolute Gasteiger partial charge is 0.493 e. The lowest BCUT2D eigenvalue weighted by Crippen LogP contribution is -2.36. The molecule has 166 valence electrons. The van der Waals surface area contributed by atoms with Crippen LogP contribution in [0.3, 0.4) is 0 Å². The van der Waals surface area contributed by atoms with E-state index in [0.717, 1.165) is 47.1 Å². The summed E-state index contributed by atoms with van der Waals surface area (Å²) >= 11 is 0. The fourth-order valence-electron chi connectivity index (χ4n) is 3.98. The van der Waals surface area contributed by atoms with Crippen molar-refractivity contribution in [2.75, 3.05) is 14.2 Å². The van der Waals surface area contributed by atoms with Crippen molar-refractivity contribution in [1.82, 2.24) is 15.6 Å². The zero-order valence-corrected chi connectivity index (χ0v) is 20.4. The quantitative estimate of drug-likeness (QED) is 0.227. The van der Waals surface area contributed by atoms with Gasteiger partial charge < -0.3 is 25.1 Å². The number of hydrogen-bond acceptors (Lipinski definition) is 3. The second-order valence-electron chi connectivity index (χ2n) is 7.63. The summed E-state index contributed by atoms with van der Waals surface area (Å²) < 4.78 is 11.9. The third-order valence-electron chi connectivity index (χ3n) is 5.57. The minimum Gasteiger partial charge on any atom is -0.493 e. The normalized spacial score (nSPS) is 14.3. The second kappa shape index (κ2) is 11.3. The van der Waals surface area contributed by atoms with Crippen LogP contribution in [-0.2, 0) is 13.1 Å². The Kier molecular flexibility index (Phi) is 8.45. The average molecular weight is 534 g/mol. The van der Waals surface area contributed by atoms with E-state index in [9.17, 15) is 0 Å². The summed E-state index contributed by atoms with van der Waals surface area (Å²) in [5.41, 5.74) is 3.32. The van der Waals surface area contributed by atoms with E-state index >= 15 is 0 Å². The first-order chi connectivity index (χ1) is 14.8. The molecule has 3 aromatic rings. The highest BCUT2D eigenvalue weighted by Gasteiger charge is 2.20. The topological polar surface area (TPSA) is 70.7 Å². The number of nitrogens with zero attached hydrogens (tertiary/aromatic N) is 1. The molecule has 31 heavy (non-hydrogen) atoms. The van der Waals surface area contributed by atoms with Gasteiger partial charge in [0, 0.05) is 30.4 Å². The van der Waals surface area contributed by atoms with E-state index < -0.39 is 0 Å². The zero-order valence-electron chi connectivity index (χ0n) is 18.1. The van der Waals surface area contributed by atoms with Crippen LogP contribution in [0.5, 0.6) is 11.5 Å². The number of guanidine groups is 1. The lowest BCUT2D eigenvalue weighted by molar-refractivity contribution is 0.198. The van der Waals surface area contributed by atoms with Crippen LogP contribution in [0.15, 0.2) is 53.5 Å². The molecule has 0 radical (unpaired) electrons. The van der Waals surface area contributed by atoms with Gasteiger partial charge in [-0.05, 0) is 49.3 Å². The molecule has 1 heterocycles. The number of fused-ring (bicyclic) bond motifs is 1. The summed E-state index contributed by atoms with van der Waals surface area (Å²) in [5.74, 6) is 2.36. The smallest absolute Gasteiger partial charge is 0.191 e. The van der Waals surface area contributed by atoms with E-state index in [-0.39, 0.29) is 30.1 Å². The van der Waals surface area contributed by atoms with Gasteiger partial charge in [0.05, 0.1) is 19.8 Å². The number of halogens is 1. The van der Waals surface area contributed by atoms with Gasteiger partial charge in [0.2, 0.25) is 0 Å². The van der Waals surface area contributed by atoms with Crippen LogP contribution in [0.4, 0.5) is 0 Å². The van der Waals surface area contributed by atoms with Gasteiger partial charge in [0.25, 0.3) is 0 Å². The summed E-state index contributed by atoms with van der Waals surface area (Å²) in [6, 6.07) is 16.5. The van der Waals surface area contributed by atoms with Crippen molar-refractivity contribution in [1.29, 1.82) is 0 Å². The molecule has 7 heteroatoms. The van der Waals surface area contributed by atoms with Crippen molar-refractivity contribution in [3.05, 3.63) is 59.8 Å². The fourth-order valence-corrected chi connectivity index (χ4v) is 3.98. The first kappa shape index (κ1) is 23.2. The Labute approximate surface area is 200 Å². The van der Waals surface area contributed by atoms with E-state index in [1.165, 1.54) is 18.2 Å². The SMILES string of the molecule is CN=C(NCc1cc2ccccc2[nH]1)NCc1cccc(OC)c1OC1CCCC1.I. The number of para-hydroxylation sites is 2. The van der Waals surface area contributed by atoms with E-state index in [0.29, 0.717) is 13.1 Å². The molecule has 1 aliphatic carbocycles. The van der Waals surface area contributed by atoms with Crippen molar-refractivity contribution < 1.29 is 9.47 Å². The van der Waals surface area contributed by atoms with Crippen LogP contribution in [0.25, 0.3) is 10.9 Å². The minimum absolute atomic E-state index is 0. The van der Waals surface area contributed by atoms with Gasteiger partial charge >= 0.3 is 0 Å². The van der Waals surface area contributed by atoms with Crippen LogP contribution < -0.4 is 20.1 Å². The maximum Gasteiger partial charge on any atom is 0.191 e. The summed E-state index contributed by atoms with van der Waals surface area (Å²) in [4.78, 5) is 7.79. The van der Waals surface area contributed by atoms with E-state index in [1.807, 2.05) is 24.3 Å². The second-order valence-corrected chi connectivity index (χ2v) is 7.63. The summed E-state index contributed by atoms with van der Waals surface area (Å²) in [7, 11) is 3.47. The first-order valence-corrected chi connectivity index (χ1v) is 10.6. The van der Waals surface area contributed by atoms with Gasteiger partial charge in [0.15, 0.2) is 17.5 Å². The number of nitrogens with one attached hydrogen (secondary N) is 3. The Morgan fingerprint density at radius 1 is 1.06 bits per heavy atom. The third-order valence-corrected chi connectivity index (χ3v) is 5.57. The molecular weight excluding hydrogens is 503 g/mol. The number of benzene rings is 2. The van der Waals surface area contributed by atoms with Crippen molar-refractivity contribution in [3.8, 4) is 11.5 Å². The van der Waals surface area contributed by atoms with Crippen molar-refractivity contribution in [2.45, 2.75) is 44.9 Å². The third kappa shape index (κ3) is 5.84. The number of rotatable bonds is 7. The Hall–Kier alpha value is -2.42. The lowest BCUT2D eigenvalue weighted by Gasteiger charge is -2.20. The molecule has 1 aliphatic rings. The lowest BCUT2D eigenvalue weighted by atomic mass is 10.1. The maximum absolute atomic E-state index is 6.33. The molecule has 2 aromatic carbocycles. The van der Waals surface area contributed by atoms with Crippen LogP contribution >= 0.6 is 24.0 Å². The molecule has 0 atom stereocenters. The van der Waals surface area contributed by atoms with Crippen LogP contribution in [0, 0.1) is 0 Å². The molecule has 3 N–H and O–H groups in total. The first-order valence-electron chi connectivity index (χ1n) is 10.6. The maximum atomic E-state index is 6.33. The highest BCUT2D eigenvalue weighted by atomic mass is 127. The zero-order chi connectivity index (χ0) is 20.8. The number of aliphatic imine (C=N–C) groups is 1. The van der Waals surface area contributed by atoms with Crippen LogP contribution in [0.2, 0.25) is 0 Å². The highest BCUT2D eigenvalue weighted by molar-refractivity contribution is 14.0. The van der Waals surface area contributed by atoms with Gasteiger partial charge in [-0.1, -0.05) is 30.3 Å². The molecule has 0 aliphatic heterocycles. The molecule has 0 amide bonds. The predicted molar refractivity (Wildman–Crippen MR) is 137 cm³/mol. The van der Waals surface area contributed by atoms with Gasteiger partial charge in [-0.25, -0.2) is 0 Å². The molecule has 1 aromatic heterocycles. The number of H-pyrrole nitrogens is 1. The number of methoxy groups -OCH3 is 1. The molecule has 0 unspecified atom stereocenters. The van der Waals surface area contributed by atoms with Gasteiger partial charge in [-0.2, -0.15) is 0 Å². The van der Waals surface area contributed by atoms with E-state index in [2.05, 4.69) is 44.9 Å². The average Bonchev–Trinajstić information content (AvgIpc) is 3.44. The molecule has 1 fully saturated rings. The number of ether oxygens (including phenoxy) is 2. The monoisotopic (exact) mass is 534 g/mol. The fraction of sp³-hybridized carbons (Fsp3) is 0.375. The predicted octanol–water partition coefficient (Wildman–Crippen LogP) is 4.98. The molecular formula is C24H31IN4O2. The molecule has 1 saturated carbocycles. The van der Waals surface area contributed by atoms with Crippen molar-refractivity contribution in [3.63, 3.8) is 0 Å². The standard InChI is InChI=1S/C24H30N4O2.HI/c1-25-24(27-16-19-14-17-8-3-6-12-21(17)28-19)26-15-18-9-7-13-22(29-2)23(18)30-20-10-4-5-11-20;/h3,6-9,12-14,20,28H,4-5,10-11,15-16H2,1-2H3,(H2,25,26,27);1H. The summed E-state index contributed by atoms with van der Waals surface area (Å²) in [6.45, 7) is 1.27. The summed E-state index contributed by atoms with van der Waals surface area (Å²) in [5, 5.41) is 7.98. The van der Waals surface area contributed by atoms with Gasteiger partial charge in [0.1, 0.15) is 0 Å². The molecule has 6 nitrogen and oxygen atoms in total. The summed E-state index contributed by atoms with van der Waals surface area (Å²) in [6.07, 6.45) is 4.96. The minimum atomic E-state index is 0. The van der Waals surface area contributed by atoms with Crippen molar-refractivity contribution in [2.24, 2.45) is 4.99 Å². The number of aromatic nitrogens is 1. The van der Waals surface area contributed by atoms with Crippen LogP contribution in [0.1, 0.15) is 36.9 Å². The van der Waals surface area contributed by atoms with Crippen LogP contribution in [-0.4, -0.2) is 31.2 Å². The number of aromatic amines is 1. The van der Waals surface area contributed by atoms with Gasteiger partial charge in [-0.3, -0.25) is 4.99 Å². The van der Waals surface area contributed by atoms with E-state index in [4.69, 9.17) is 9.47 Å². The Balaban J connectivity index is 0.00000272. The van der Waals surface area contributed by atoms with Crippen molar-refractivity contribution >= 4 is 40.8 Å². The van der Waals surface area contributed by atoms with Gasteiger partial charge in [-0.15, -0.1) is 24.0 Å². The molecule has 0 spiro atoms. The van der Waals surface area contributed by atoms with E-state index in [1.54, 1.807) is 14.2 Å². The molecule has 0 saturated heterocycles. The number of hydrogen-bond donors (Lipinski definition) is 3. The highest BCUT2D eigenvalue weighted by Crippen LogP contribution is 2.34. The molecule has 0 bridgehead atoms.